The summed E-state index contributed by atoms with van der Waals surface area (Å²) in [7, 11) is 0. The SMILES string of the molecule is Cc1ccc(-c2nc3cc(F)c(C(=O)N4CC[C@@H](c5ccccc5)C4)cc3nc2CCCCC(=O)O)cc1. The van der Waals surface area contributed by atoms with Crippen molar-refractivity contribution in [1.82, 2.24) is 14.9 Å². The van der Waals surface area contributed by atoms with Crippen LogP contribution in [0.5, 0.6) is 0 Å². The van der Waals surface area contributed by atoms with Crippen molar-refractivity contribution in [3.8, 4) is 11.3 Å². The van der Waals surface area contributed by atoms with E-state index >= 15 is 4.39 Å². The number of fused-ring (bicyclic) bond motifs is 1. The number of rotatable bonds is 8. The number of aromatic nitrogens is 2. The van der Waals surface area contributed by atoms with E-state index < -0.39 is 11.8 Å². The van der Waals surface area contributed by atoms with E-state index in [1.807, 2.05) is 49.4 Å². The summed E-state index contributed by atoms with van der Waals surface area (Å²) in [6, 6.07) is 20.8. The van der Waals surface area contributed by atoms with Gasteiger partial charge in [0, 0.05) is 37.1 Å². The predicted octanol–water partition coefficient (Wildman–Crippen LogP) is 6.17. The fourth-order valence-corrected chi connectivity index (χ4v) is 5.08. The smallest absolute Gasteiger partial charge is 0.303 e. The lowest BCUT2D eigenvalue weighted by molar-refractivity contribution is -0.137. The van der Waals surface area contributed by atoms with Crippen molar-refractivity contribution >= 4 is 22.9 Å². The molecule has 1 atom stereocenters. The van der Waals surface area contributed by atoms with Gasteiger partial charge >= 0.3 is 5.97 Å². The largest absolute Gasteiger partial charge is 0.481 e. The highest BCUT2D eigenvalue weighted by molar-refractivity contribution is 5.98. The number of nitrogens with zero attached hydrogens (tertiary/aromatic N) is 3. The number of unbranched alkanes of at least 4 members (excludes halogenated alkanes) is 1. The summed E-state index contributed by atoms with van der Waals surface area (Å²) < 4.78 is 15.3. The summed E-state index contributed by atoms with van der Waals surface area (Å²) in [4.78, 5) is 35.6. The molecule has 1 aromatic heterocycles. The number of carboxylic acid groups (broad SMARTS) is 1. The lowest BCUT2D eigenvalue weighted by Crippen LogP contribution is -2.29. The van der Waals surface area contributed by atoms with E-state index in [0.29, 0.717) is 54.8 Å². The molecule has 194 valence electrons. The molecule has 1 saturated heterocycles. The average molecular weight is 512 g/mol. The molecule has 1 N–H and O–H groups in total. The summed E-state index contributed by atoms with van der Waals surface area (Å²) in [5, 5.41) is 8.99. The number of aliphatic carboxylic acids is 1. The Morgan fingerprint density at radius 1 is 1.00 bits per heavy atom. The Labute approximate surface area is 221 Å². The number of carbonyl (C=O) groups is 2. The second kappa shape index (κ2) is 11.1. The molecule has 1 fully saturated rings. The molecule has 2 heterocycles. The number of hydrogen-bond donors (Lipinski definition) is 1. The number of hydrogen-bond acceptors (Lipinski definition) is 4. The van der Waals surface area contributed by atoms with E-state index in [-0.39, 0.29) is 23.8 Å². The second-order valence-electron chi connectivity index (χ2n) is 9.95. The topological polar surface area (TPSA) is 83.4 Å². The standard InChI is InChI=1S/C31H30FN3O3/c1-20-11-13-22(14-12-20)30-26(9-5-6-10-29(36)37)33-27-17-24(25(32)18-28(27)34-30)31(38)35-16-15-23(19-35)21-7-3-2-4-8-21/h2-4,7-8,11-14,17-18,23H,5-6,9-10,15-16,19H2,1H3,(H,36,37)/t23-/m1/s1. The van der Waals surface area contributed by atoms with Crippen LogP contribution in [0.2, 0.25) is 0 Å². The zero-order valence-electron chi connectivity index (χ0n) is 21.4. The molecule has 5 rings (SSSR count). The Balaban J connectivity index is 1.45. The van der Waals surface area contributed by atoms with E-state index in [1.165, 1.54) is 17.7 Å². The molecule has 0 unspecified atom stereocenters. The van der Waals surface area contributed by atoms with E-state index in [2.05, 4.69) is 12.1 Å². The highest BCUT2D eigenvalue weighted by Crippen LogP contribution is 2.30. The van der Waals surface area contributed by atoms with Crippen molar-refractivity contribution in [2.45, 2.75) is 44.9 Å². The van der Waals surface area contributed by atoms with Crippen LogP contribution in [0.15, 0.2) is 66.7 Å². The van der Waals surface area contributed by atoms with Gasteiger partial charge in [-0.1, -0.05) is 60.2 Å². The first-order valence-corrected chi connectivity index (χ1v) is 13.0. The third kappa shape index (κ3) is 5.57. The summed E-state index contributed by atoms with van der Waals surface area (Å²) in [5.41, 5.74) is 5.35. The lowest BCUT2D eigenvalue weighted by Gasteiger charge is -2.18. The Morgan fingerprint density at radius 2 is 1.74 bits per heavy atom. The van der Waals surface area contributed by atoms with Crippen molar-refractivity contribution < 1.29 is 19.1 Å². The second-order valence-corrected chi connectivity index (χ2v) is 9.95. The molecule has 4 aromatic rings. The first-order chi connectivity index (χ1) is 18.4. The van der Waals surface area contributed by atoms with Crippen molar-refractivity contribution in [2.75, 3.05) is 13.1 Å². The Morgan fingerprint density at radius 3 is 2.47 bits per heavy atom. The predicted molar refractivity (Wildman–Crippen MR) is 145 cm³/mol. The minimum absolute atomic E-state index is 0.000393. The van der Waals surface area contributed by atoms with Gasteiger partial charge < -0.3 is 10.0 Å². The molecule has 6 nitrogen and oxygen atoms in total. The third-order valence-corrected chi connectivity index (χ3v) is 7.18. The Bertz CT molecular complexity index is 1470. The molecule has 0 radical (unpaired) electrons. The number of amides is 1. The molecule has 1 aliphatic heterocycles. The van der Waals surface area contributed by atoms with Crippen LogP contribution in [0.3, 0.4) is 0 Å². The molecule has 7 heteroatoms. The number of likely N-dealkylation sites (tertiary alicyclic amines) is 1. The summed E-state index contributed by atoms with van der Waals surface area (Å²) in [6.45, 7) is 3.12. The molecular weight excluding hydrogens is 481 g/mol. The minimum atomic E-state index is -0.830. The first-order valence-electron chi connectivity index (χ1n) is 13.0. The fraction of sp³-hybridized carbons (Fsp3) is 0.290. The van der Waals surface area contributed by atoms with Gasteiger partial charge in [0.1, 0.15) is 5.82 Å². The monoisotopic (exact) mass is 511 g/mol. The van der Waals surface area contributed by atoms with Gasteiger partial charge in [-0.15, -0.1) is 0 Å². The van der Waals surface area contributed by atoms with Crippen LogP contribution in [0, 0.1) is 12.7 Å². The summed E-state index contributed by atoms with van der Waals surface area (Å²) >= 11 is 0. The number of benzene rings is 3. The molecular formula is C31H30FN3O3. The molecule has 38 heavy (non-hydrogen) atoms. The van der Waals surface area contributed by atoms with E-state index in [4.69, 9.17) is 15.1 Å². The summed E-state index contributed by atoms with van der Waals surface area (Å²) in [6.07, 6.45) is 2.61. The highest BCUT2D eigenvalue weighted by atomic mass is 19.1. The van der Waals surface area contributed by atoms with Crippen molar-refractivity contribution in [3.63, 3.8) is 0 Å². The van der Waals surface area contributed by atoms with Crippen LogP contribution in [-0.2, 0) is 11.2 Å². The molecule has 0 spiro atoms. The molecule has 3 aromatic carbocycles. The van der Waals surface area contributed by atoms with Crippen LogP contribution >= 0.6 is 0 Å². The van der Waals surface area contributed by atoms with Crippen LogP contribution in [0.4, 0.5) is 4.39 Å². The molecule has 0 saturated carbocycles. The van der Waals surface area contributed by atoms with Gasteiger partial charge in [-0.25, -0.2) is 14.4 Å². The number of aryl methyl sites for hydroxylation is 2. The van der Waals surface area contributed by atoms with Gasteiger partial charge in [-0.3, -0.25) is 9.59 Å². The lowest BCUT2D eigenvalue weighted by atomic mass is 9.99. The molecule has 0 aliphatic carbocycles. The zero-order chi connectivity index (χ0) is 26.6. The number of carboxylic acids is 1. The number of carbonyl (C=O) groups excluding carboxylic acids is 1. The van der Waals surface area contributed by atoms with E-state index in [9.17, 15) is 9.59 Å². The van der Waals surface area contributed by atoms with Crippen molar-refractivity contribution in [2.24, 2.45) is 0 Å². The maximum absolute atomic E-state index is 15.3. The van der Waals surface area contributed by atoms with E-state index in [0.717, 1.165) is 17.5 Å². The van der Waals surface area contributed by atoms with E-state index in [1.54, 1.807) is 4.90 Å². The Kier molecular flexibility index (Phi) is 7.45. The maximum atomic E-state index is 15.3. The normalized spacial score (nSPS) is 15.2. The fourth-order valence-electron chi connectivity index (χ4n) is 5.08. The first kappa shape index (κ1) is 25.5. The third-order valence-electron chi connectivity index (χ3n) is 7.18. The minimum Gasteiger partial charge on any atom is -0.481 e. The van der Waals surface area contributed by atoms with Crippen LogP contribution < -0.4 is 0 Å². The van der Waals surface area contributed by atoms with Crippen LogP contribution in [0.25, 0.3) is 22.3 Å². The van der Waals surface area contributed by atoms with Gasteiger partial charge in [0.05, 0.1) is 28.0 Å². The van der Waals surface area contributed by atoms with Crippen molar-refractivity contribution in [1.29, 1.82) is 0 Å². The maximum Gasteiger partial charge on any atom is 0.303 e. The quantitative estimate of drug-likeness (QED) is 0.286. The molecule has 1 amide bonds. The van der Waals surface area contributed by atoms with Gasteiger partial charge in [0.25, 0.3) is 5.91 Å². The van der Waals surface area contributed by atoms with Crippen LogP contribution in [-0.4, -0.2) is 44.9 Å². The van der Waals surface area contributed by atoms with Crippen molar-refractivity contribution in [3.05, 3.63) is 94.9 Å². The number of halogens is 1. The zero-order valence-corrected chi connectivity index (χ0v) is 21.4. The molecule has 1 aliphatic rings. The van der Waals surface area contributed by atoms with Gasteiger partial charge in [0.2, 0.25) is 0 Å². The van der Waals surface area contributed by atoms with Crippen LogP contribution in [0.1, 0.15) is 58.8 Å². The Hall–Kier alpha value is -4.13. The molecule has 0 bridgehead atoms. The van der Waals surface area contributed by atoms with Gasteiger partial charge in [0.15, 0.2) is 0 Å². The summed E-state index contributed by atoms with van der Waals surface area (Å²) in [5.74, 6) is -1.54. The highest BCUT2D eigenvalue weighted by Gasteiger charge is 2.29. The van der Waals surface area contributed by atoms with Gasteiger partial charge in [-0.05, 0) is 44.2 Å². The average Bonchev–Trinajstić information content (AvgIpc) is 3.41. The van der Waals surface area contributed by atoms with Gasteiger partial charge in [-0.2, -0.15) is 0 Å².